The molecule has 1 aliphatic heterocycles. The van der Waals surface area contributed by atoms with E-state index in [0.29, 0.717) is 21.6 Å². The minimum absolute atomic E-state index is 0.0362. The number of thiazole rings is 1. The number of thioether (sulfide) groups is 1. The molecule has 0 bridgehead atoms. The van der Waals surface area contributed by atoms with Gasteiger partial charge in [-0.05, 0) is 31.2 Å². The fourth-order valence-electron chi connectivity index (χ4n) is 2.32. The number of hydrogen-bond acceptors (Lipinski definition) is 7. The van der Waals surface area contributed by atoms with Gasteiger partial charge in [-0.25, -0.2) is 4.98 Å². The molecular formula is C17H16N4O3S2. The van der Waals surface area contributed by atoms with Gasteiger partial charge in [0.25, 0.3) is 0 Å². The summed E-state index contributed by atoms with van der Waals surface area (Å²) in [5, 5.41) is 5.14. The van der Waals surface area contributed by atoms with Crippen molar-refractivity contribution in [2.75, 3.05) is 12.4 Å². The second kappa shape index (κ2) is 7.79. The molecule has 0 radical (unpaired) electrons. The number of aromatic nitrogens is 1. The zero-order valence-corrected chi connectivity index (χ0v) is 15.8. The predicted molar refractivity (Wildman–Crippen MR) is 103 cm³/mol. The Morgan fingerprint density at radius 1 is 1.31 bits per heavy atom. The molecule has 2 aromatic rings. The number of carbonyl (C=O) groups excluding carboxylic acids is 3. The number of anilines is 1. The molecular weight excluding hydrogens is 372 g/mol. The van der Waals surface area contributed by atoms with Gasteiger partial charge in [-0.1, -0.05) is 11.8 Å². The normalized spacial score (nSPS) is 18.4. The third-order valence-corrected chi connectivity index (χ3v) is 5.59. The van der Waals surface area contributed by atoms with Gasteiger partial charge >= 0.3 is 0 Å². The highest BCUT2D eigenvalue weighted by molar-refractivity contribution is 8.15. The van der Waals surface area contributed by atoms with E-state index in [1.165, 1.54) is 34.9 Å². The standard InChI is InChI=1S/C17H16N4O3S2/c1-10(22)11-3-5-12(6-4-11)19-14(23)9-13-15(24)21(2)17(26-13)20-16-18-7-8-25-16/h3-8,13H,9H2,1-2H3,(H,19,23). The van der Waals surface area contributed by atoms with Gasteiger partial charge in [0.1, 0.15) is 5.25 Å². The summed E-state index contributed by atoms with van der Waals surface area (Å²) in [7, 11) is 1.64. The van der Waals surface area contributed by atoms with Gasteiger partial charge < -0.3 is 5.32 Å². The van der Waals surface area contributed by atoms with Gasteiger partial charge in [-0.2, -0.15) is 4.99 Å². The molecule has 0 aliphatic carbocycles. The van der Waals surface area contributed by atoms with E-state index in [9.17, 15) is 14.4 Å². The molecule has 1 aromatic carbocycles. The van der Waals surface area contributed by atoms with E-state index in [4.69, 9.17) is 0 Å². The highest BCUT2D eigenvalue weighted by atomic mass is 32.2. The number of rotatable bonds is 5. The fourth-order valence-corrected chi connectivity index (χ4v) is 4.02. The van der Waals surface area contributed by atoms with Crippen LogP contribution in [0.15, 0.2) is 40.8 Å². The summed E-state index contributed by atoms with van der Waals surface area (Å²) in [6.45, 7) is 1.48. The average molecular weight is 388 g/mol. The van der Waals surface area contributed by atoms with Crippen molar-refractivity contribution in [3.05, 3.63) is 41.4 Å². The summed E-state index contributed by atoms with van der Waals surface area (Å²) in [5.41, 5.74) is 1.16. The molecule has 3 rings (SSSR count). The number of nitrogens with zero attached hydrogens (tertiary/aromatic N) is 3. The van der Waals surface area contributed by atoms with Gasteiger partial charge in [0, 0.05) is 36.3 Å². The average Bonchev–Trinajstić information content (AvgIpc) is 3.20. The number of ketones is 1. The molecule has 1 saturated heterocycles. The van der Waals surface area contributed by atoms with Gasteiger partial charge in [-0.15, -0.1) is 11.3 Å². The maximum atomic E-state index is 12.3. The molecule has 1 aromatic heterocycles. The van der Waals surface area contributed by atoms with Gasteiger partial charge in [0.15, 0.2) is 11.0 Å². The Labute approximate surface area is 158 Å². The molecule has 1 fully saturated rings. The summed E-state index contributed by atoms with van der Waals surface area (Å²) in [6.07, 6.45) is 1.69. The quantitative estimate of drug-likeness (QED) is 0.795. The van der Waals surface area contributed by atoms with E-state index >= 15 is 0 Å². The molecule has 1 aliphatic rings. The predicted octanol–water partition coefficient (Wildman–Crippen LogP) is 2.94. The van der Waals surface area contributed by atoms with Crippen LogP contribution in [0.2, 0.25) is 0 Å². The first-order valence-electron chi connectivity index (χ1n) is 7.77. The molecule has 2 amide bonds. The number of amidine groups is 1. The van der Waals surface area contributed by atoms with Crippen LogP contribution in [0.5, 0.6) is 0 Å². The first-order chi connectivity index (χ1) is 12.4. The smallest absolute Gasteiger partial charge is 0.242 e. The Bertz CT molecular complexity index is 863. The summed E-state index contributed by atoms with van der Waals surface area (Å²) in [5.74, 6) is -0.464. The Hall–Kier alpha value is -2.52. The SMILES string of the molecule is CC(=O)c1ccc(NC(=O)CC2SC(=Nc3nccs3)N(C)C2=O)cc1. The van der Waals surface area contributed by atoms with Crippen molar-refractivity contribution < 1.29 is 14.4 Å². The van der Waals surface area contributed by atoms with Crippen molar-refractivity contribution in [1.29, 1.82) is 0 Å². The van der Waals surface area contributed by atoms with Crippen molar-refractivity contribution in [3.8, 4) is 0 Å². The van der Waals surface area contributed by atoms with Crippen LogP contribution in [0.3, 0.4) is 0 Å². The van der Waals surface area contributed by atoms with Crippen LogP contribution < -0.4 is 5.32 Å². The number of carbonyl (C=O) groups is 3. The molecule has 1 N–H and O–H groups in total. The molecule has 1 unspecified atom stereocenters. The largest absolute Gasteiger partial charge is 0.326 e. The van der Waals surface area contributed by atoms with Crippen LogP contribution in [0.1, 0.15) is 23.7 Å². The van der Waals surface area contributed by atoms with Crippen LogP contribution in [0.4, 0.5) is 10.8 Å². The maximum Gasteiger partial charge on any atom is 0.242 e. The monoisotopic (exact) mass is 388 g/mol. The Kier molecular flexibility index (Phi) is 5.48. The first kappa shape index (κ1) is 18.3. The lowest BCUT2D eigenvalue weighted by Gasteiger charge is -2.09. The molecule has 7 nitrogen and oxygen atoms in total. The molecule has 0 saturated carbocycles. The third kappa shape index (κ3) is 4.17. The van der Waals surface area contributed by atoms with Crippen LogP contribution >= 0.6 is 23.1 Å². The number of amides is 2. The van der Waals surface area contributed by atoms with Crippen molar-refractivity contribution in [1.82, 2.24) is 9.88 Å². The van der Waals surface area contributed by atoms with Gasteiger partial charge in [-0.3, -0.25) is 19.3 Å². The first-order valence-corrected chi connectivity index (χ1v) is 9.53. The zero-order chi connectivity index (χ0) is 18.7. The lowest BCUT2D eigenvalue weighted by atomic mass is 10.1. The van der Waals surface area contributed by atoms with Gasteiger partial charge in [0.2, 0.25) is 16.9 Å². The van der Waals surface area contributed by atoms with E-state index in [0.717, 1.165) is 0 Å². The van der Waals surface area contributed by atoms with E-state index in [-0.39, 0.29) is 24.0 Å². The lowest BCUT2D eigenvalue weighted by molar-refractivity contribution is -0.127. The van der Waals surface area contributed by atoms with Crippen LogP contribution in [-0.4, -0.2) is 44.9 Å². The molecule has 1 atom stereocenters. The third-order valence-electron chi connectivity index (χ3n) is 3.70. The number of aliphatic imine (C=N–C) groups is 1. The van der Waals surface area contributed by atoms with Crippen LogP contribution in [-0.2, 0) is 9.59 Å². The lowest BCUT2D eigenvalue weighted by Crippen LogP contribution is -2.30. The fraction of sp³-hybridized carbons (Fsp3) is 0.235. The molecule has 26 heavy (non-hydrogen) atoms. The number of hydrogen-bond donors (Lipinski definition) is 1. The Morgan fingerprint density at radius 2 is 2.04 bits per heavy atom. The minimum atomic E-state index is -0.518. The van der Waals surface area contributed by atoms with Crippen molar-refractivity contribution >= 4 is 56.7 Å². The maximum absolute atomic E-state index is 12.3. The van der Waals surface area contributed by atoms with Crippen LogP contribution in [0, 0.1) is 0 Å². The highest BCUT2D eigenvalue weighted by Crippen LogP contribution is 2.31. The van der Waals surface area contributed by atoms with Gasteiger partial charge in [0.05, 0.1) is 0 Å². The molecule has 2 heterocycles. The highest BCUT2D eigenvalue weighted by Gasteiger charge is 2.37. The van der Waals surface area contributed by atoms with E-state index in [1.54, 1.807) is 37.5 Å². The van der Waals surface area contributed by atoms with E-state index in [1.807, 2.05) is 5.38 Å². The molecule has 9 heteroatoms. The van der Waals surface area contributed by atoms with Crippen molar-refractivity contribution in [3.63, 3.8) is 0 Å². The Morgan fingerprint density at radius 3 is 2.65 bits per heavy atom. The molecule has 0 spiro atoms. The van der Waals surface area contributed by atoms with Crippen molar-refractivity contribution in [2.45, 2.75) is 18.6 Å². The second-order valence-corrected chi connectivity index (χ2v) is 7.64. The summed E-state index contributed by atoms with van der Waals surface area (Å²) in [4.78, 5) is 45.7. The zero-order valence-electron chi connectivity index (χ0n) is 14.1. The number of nitrogens with one attached hydrogen (secondary N) is 1. The topological polar surface area (TPSA) is 91.7 Å². The Balaban J connectivity index is 1.62. The van der Waals surface area contributed by atoms with E-state index < -0.39 is 5.25 Å². The molecule has 134 valence electrons. The van der Waals surface area contributed by atoms with Crippen molar-refractivity contribution in [2.24, 2.45) is 4.99 Å². The van der Waals surface area contributed by atoms with Crippen LogP contribution in [0.25, 0.3) is 0 Å². The summed E-state index contributed by atoms with van der Waals surface area (Å²) >= 11 is 2.64. The van der Waals surface area contributed by atoms with E-state index in [2.05, 4.69) is 15.3 Å². The number of benzene rings is 1. The summed E-state index contributed by atoms with van der Waals surface area (Å²) in [6, 6.07) is 6.64. The summed E-state index contributed by atoms with van der Waals surface area (Å²) < 4.78 is 0. The number of Topliss-reactive ketones (excluding diaryl/α,β-unsaturated/α-hetero) is 1. The second-order valence-electron chi connectivity index (χ2n) is 5.60. The minimum Gasteiger partial charge on any atom is -0.326 e.